The van der Waals surface area contributed by atoms with Gasteiger partial charge in [-0.1, -0.05) is 6.08 Å². The van der Waals surface area contributed by atoms with Crippen molar-refractivity contribution in [1.82, 2.24) is 14.7 Å². The van der Waals surface area contributed by atoms with Crippen LogP contribution in [0.1, 0.15) is 13.1 Å². The van der Waals surface area contributed by atoms with Gasteiger partial charge in [0.2, 0.25) is 0 Å². The maximum Gasteiger partial charge on any atom is 0.141 e. The van der Waals surface area contributed by atoms with Gasteiger partial charge in [-0.2, -0.15) is 5.10 Å². The van der Waals surface area contributed by atoms with Gasteiger partial charge in [0.05, 0.1) is 6.20 Å². The third-order valence-electron chi connectivity index (χ3n) is 2.12. The maximum absolute atomic E-state index is 4.17. The average Bonchev–Trinajstić information content (AvgIpc) is 2.70. The molecule has 0 N–H and O–H groups in total. The maximum atomic E-state index is 4.17. The molecule has 0 bridgehead atoms. The van der Waals surface area contributed by atoms with Crippen molar-refractivity contribution in [3.63, 3.8) is 0 Å². The number of hydrogen-bond acceptors (Lipinski definition) is 2. The Morgan fingerprint density at radius 1 is 1.46 bits per heavy atom. The number of aromatic nitrogens is 2. The molecule has 3 heteroatoms. The number of allylic oxidation sites excluding steroid dienone is 2. The van der Waals surface area contributed by atoms with Crippen LogP contribution in [-0.4, -0.2) is 21.2 Å². The zero-order valence-corrected chi connectivity index (χ0v) is 7.59. The summed E-state index contributed by atoms with van der Waals surface area (Å²) in [5.41, 5.74) is 0. The fourth-order valence-corrected chi connectivity index (χ4v) is 1.44. The summed E-state index contributed by atoms with van der Waals surface area (Å²) in [6, 6.07) is 2.94. The zero-order valence-electron chi connectivity index (χ0n) is 7.59. The summed E-state index contributed by atoms with van der Waals surface area (Å²) in [5, 5.41) is 4.17. The second-order valence-electron chi connectivity index (χ2n) is 2.89. The molecular weight excluding hydrogens is 162 g/mol. The highest BCUT2D eigenvalue weighted by molar-refractivity contribution is 5.11. The molecule has 1 radical (unpaired) electrons. The van der Waals surface area contributed by atoms with Crippen molar-refractivity contribution >= 4 is 0 Å². The summed E-state index contributed by atoms with van der Waals surface area (Å²) in [7, 11) is 0. The molecule has 0 saturated carbocycles. The lowest BCUT2D eigenvalue weighted by Crippen LogP contribution is -2.28. The predicted molar refractivity (Wildman–Crippen MR) is 50.8 cm³/mol. The summed E-state index contributed by atoms with van der Waals surface area (Å²) in [5.74, 6) is 0. The van der Waals surface area contributed by atoms with E-state index in [9.17, 15) is 0 Å². The fraction of sp³-hybridized carbons (Fsp3) is 0.300. The van der Waals surface area contributed by atoms with Gasteiger partial charge in [-0.15, -0.1) is 0 Å². The molecule has 1 aliphatic rings. The Morgan fingerprint density at radius 2 is 2.38 bits per heavy atom. The van der Waals surface area contributed by atoms with Crippen molar-refractivity contribution in [3.05, 3.63) is 42.9 Å². The second kappa shape index (κ2) is 3.47. The highest BCUT2D eigenvalue weighted by Crippen LogP contribution is 2.17. The van der Waals surface area contributed by atoms with Crippen LogP contribution in [0.15, 0.2) is 36.8 Å². The van der Waals surface area contributed by atoms with Gasteiger partial charge >= 0.3 is 0 Å². The monoisotopic (exact) mass is 174 g/mol. The molecule has 0 aromatic carbocycles. The molecule has 67 valence electrons. The predicted octanol–water partition coefficient (Wildman–Crippen LogP) is 1.59. The molecule has 0 spiro atoms. The molecule has 1 unspecified atom stereocenters. The van der Waals surface area contributed by atoms with Crippen LogP contribution in [0.4, 0.5) is 0 Å². The molecule has 0 saturated heterocycles. The zero-order chi connectivity index (χ0) is 9.10. The largest absolute Gasteiger partial charge is 0.353 e. The molecule has 0 aliphatic carbocycles. The Morgan fingerprint density at radius 3 is 3.08 bits per heavy atom. The van der Waals surface area contributed by atoms with Gasteiger partial charge in [-0.3, -0.25) is 0 Å². The molecule has 1 aromatic rings. The molecule has 1 atom stereocenters. The lowest BCUT2D eigenvalue weighted by Gasteiger charge is -2.29. The number of nitrogens with zero attached hydrogens (tertiary/aromatic N) is 3. The topological polar surface area (TPSA) is 21.1 Å². The summed E-state index contributed by atoms with van der Waals surface area (Å²) >= 11 is 0. The third-order valence-corrected chi connectivity index (χ3v) is 2.12. The molecule has 13 heavy (non-hydrogen) atoms. The van der Waals surface area contributed by atoms with Crippen LogP contribution in [0.5, 0.6) is 0 Å². The Hall–Kier alpha value is -1.51. The van der Waals surface area contributed by atoms with Crippen LogP contribution in [0.2, 0.25) is 0 Å². The van der Waals surface area contributed by atoms with E-state index in [0.29, 0.717) is 0 Å². The number of hydrogen-bond donors (Lipinski definition) is 0. The first kappa shape index (κ1) is 8.10. The van der Waals surface area contributed by atoms with E-state index >= 15 is 0 Å². The highest BCUT2D eigenvalue weighted by Gasteiger charge is 2.13. The van der Waals surface area contributed by atoms with Crippen LogP contribution in [0, 0.1) is 6.07 Å². The standard InChI is InChI=1S/C10H12N3/c1-2-12-8-4-3-6-10(12)13-9-5-7-11-13/h3-4,6-10H,2H2,1H3. The van der Waals surface area contributed by atoms with Gasteiger partial charge in [0.25, 0.3) is 0 Å². The van der Waals surface area contributed by atoms with Gasteiger partial charge in [0.15, 0.2) is 0 Å². The molecular formula is C10H12N3. The lowest BCUT2D eigenvalue weighted by atomic mass is 10.3. The molecule has 0 amide bonds. The Kier molecular flexibility index (Phi) is 2.17. The van der Waals surface area contributed by atoms with Gasteiger partial charge in [0.1, 0.15) is 6.17 Å². The van der Waals surface area contributed by atoms with Crippen molar-refractivity contribution in [2.45, 2.75) is 13.1 Å². The van der Waals surface area contributed by atoms with E-state index in [0.717, 1.165) is 6.54 Å². The smallest absolute Gasteiger partial charge is 0.141 e. The minimum atomic E-state index is 0.209. The summed E-state index contributed by atoms with van der Waals surface area (Å²) < 4.78 is 1.89. The Bertz CT molecular complexity index is 311. The first-order valence-corrected chi connectivity index (χ1v) is 4.43. The highest BCUT2D eigenvalue weighted by atomic mass is 15.4. The van der Waals surface area contributed by atoms with E-state index in [2.05, 4.69) is 35.3 Å². The number of rotatable bonds is 2. The minimum Gasteiger partial charge on any atom is -0.353 e. The molecule has 0 fully saturated rings. The molecule has 2 rings (SSSR count). The Balaban J connectivity index is 2.23. The third kappa shape index (κ3) is 1.49. The first-order chi connectivity index (χ1) is 6.42. The van der Waals surface area contributed by atoms with E-state index in [4.69, 9.17) is 0 Å². The summed E-state index contributed by atoms with van der Waals surface area (Å²) in [6.07, 6.45) is 12.0. The molecule has 3 nitrogen and oxygen atoms in total. The second-order valence-corrected chi connectivity index (χ2v) is 2.89. The molecule has 1 aromatic heterocycles. The average molecular weight is 174 g/mol. The normalized spacial score (nSPS) is 21.0. The van der Waals surface area contributed by atoms with E-state index < -0.39 is 0 Å². The van der Waals surface area contributed by atoms with Crippen LogP contribution in [-0.2, 0) is 0 Å². The van der Waals surface area contributed by atoms with E-state index in [1.165, 1.54) is 0 Å². The van der Waals surface area contributed by atoms with Gasteiger partial charge in [-0.25, -0.2) is 4.68 Å². The quantitative estimate of drug-likeness (QED) is 0.678. The van der Waals surface area contributed by atoms with Crippen LogP contribution >= 0.6 is 0 Å². The van der Waals surface area contributed by atoms with Gasteiger partial charge in [0, 0.05) is 25.0 Å². The van der Waals surface area contributed by atoms with Crippen molar-refractivity contribution in [2.24, 2.45) is 0 Å². The fourth-order valence-electron chi connectivity index (χ4n) is 1.44. The van der Waals surface area contributed by atoms with E-state index in [1.54, 1.807) is 6.20 Å². The summed E-state index contributed by atoms with van der Waals surface area (Å²) in [4.78, 5) is 2.21. The summed E-state index contributed by atoms with van der Waals surface area (Å²) in [6.45, 7) is 3.11. The van der Waals surface area contributed by atoms with E-state index in [1.807, 2.05) is 23.0 Å². The Labute approximate surface area is 78.0 Å². The van der Waals surface area contributed by atoms with Crippen molar-refractivity contribution in [1.29, 1.82) is 0 Å². The lowest BCUT2D eigenvalue weighted by molar-refractivity contribution is 0.244. The number of likely N-dealkylation sites (N-methyl/N-ethyl adjacent to an activating group) is 1. The van der Waals surface area contributed by atoms with Crippen LogP contribution in [0.3, 0.4) is 0 Å². The van der Waals surface area contributed by atoms with Crippen LogP contribution in [0.25, 0.3) is 0 Å². The van der Waals surface area contributed by atoms with Crippen molar-refractivity contribution in [2.75, 3.05) is 6.54 Å². The van der Waals surface area contributed by atoms with Gasteiger partial charge in [-0.05, 0) is 19.1 Å². The van der Waals surface area contributed by atoms with Crippen LogP contribution < -0.4 is 0 Å². The molecule has 2 heterocycles. The molecule has 1 aliphatic heterocycles. The minimum absolute atomic E-state index is 0.209. The SMILES string of the molecule is CCN1C=CC=CC1n1c[c]cn1. The van der Waals surface area contributed by atoms with E-state index in [-0.39, 0.29) is 6.17 Å². The van der Waals surface area contributed by atoms with Crippen molar-refractivity contribution in [3.8, 4) is 0 Å². The van der Waals surface area contributed by atoms with Crippen molar-refractivity contribution < 1.29 is 0 Å². The van der Waals surface area contributed by atoms with Gasteiger partial charge < -0.3 is 4.90 Å². The first-order valence-electron chi connectivity index (χ1n) is 4.43.